The van der Waals surface area contributed by atoms with Crippen LogP contribution < -0.4 is 5.32 Å². The van der Waals surface area contributed by atoms with Gasteiger partial charge in [0, 0.05) is 14.1 Å². The summed E-state index contributed by atoms with van der Waals surface area (Å²) in [4.78, 5) is 10.6. The van der Waals surface area contributed by atoms with Crippen LogP contribution in [-0.2, 0) is 14.8 Å². The number of carbonyl (C=O) groups is 1. The number of nitrogens with zero attached hydrogens (tertiary/aromatic N) is 1. The molecule has 5 nitrogen and oxygen atoms in total. The van der Waals surface area contributed by atoms with Crippen molar-refractivity contribution in [1.29, 1.82) is 0 Å². The lowest BCUT2D eigenvalue weighted by molar-refractivity contribution is -0.163. The molecule has 0 atom stereocenters. The van der Waals surface area contributed by atoms with Gasteiger partial charge in [-0.05, 0) is 18.2 Å². The summed E-state index contributed by atoms with van der Waals surface area (Å²) in [7, 11) is -1.69. The number of halogens is 5. The summed E-state index contributed by atoms with van der Waals surface area (Å²) in [5, 5.41) is 1.26. The molecule has 1 aromatic rings. The van der Waals surface area contributed by atoms with E-state index in [-0.39, 0.29) is 0 Å². The maximum atomic E-state index is 13.5. The maximum absolute atomic E-state index is 13.5. The normalized spacial score (nSPS) is 12.8. The summed E-state index contributed by atoms with van der Waals surface area (Å²) in [6.07, 6.45) is -4.29. The Hall–Kier alpha value is -1.75. The predicted molar refractivity (Wildman–Crippen MR) is 66.9 cm³/mol. The number of nitrogens with one attached hydrogen (secondary N) is 1. The summed E-state index contributed by atoms with van der Waals surface area (Å²) < 4.78 is 87.5. The Morgan fingerprint density at radius 1 is 1.27 bits per heavy atom. The van der Waals surface area contributed by atoms with E-state index < -0.39 is 44.7 Å². The second-order valence-electron chi connectivity index (χ2n) is 4.31. The fourth-order valence-corrected chi connectivity index (χ4v) is 2.20. The molecule has 124 valence electrons. The van der Waals surface area contributed by atoms with E-state index in [1.807, 2.05) is 0 Å². The lowest BCUT2D eigenvalue weighted by Crippen LogP contribution is -2.41. The van der Waals surface area contributed by atoms with Gasteiger partial charge in [0.25, 0.3) is 0 Å². The highest BCUT2D eigenvalue weighted by atomic mass is 32.2. The van der Waals surface area contributed by atoms with E-state index in [0.29, 0.717) is 12.1 Å². The van der Waals surface area contributed by atoms with Gasteiger partial charge in [0.15, 0.2) is 0 Å². The first kappa shape index (κ1) is 18.3. The van der Waals surface area contributed by atoms with E-state index in [2.05, 4.69) is 0 Å². The first-order valence-electron chi connectivity index (χ1n) is 5.60. The van der Waals surface area contributed by atoms with Gasteiger partial charge in [-0.3, -0.25) is 4.79 Å². The van der Waals surface area contributed by atoms with Crippen LogP contribution in [-0.4, -0.2) is 45.1 Å². The number of anilines is 1. The van der Waals surface area contributed by atoms with E-state index in [4.69, 9.17) is 0 Å². The van der Waals surface area contributed by atoms with Crippen LogP contribution in [0.15, 0.2) is 23.1 Å². The SMILES string of the molecule is CN(C)S(=O)(=O)c1ccc(F)c(NC(=O)C(F)(F)C(F)F)c1. The van der Waals surface area contributed by atoms with Crippen LogP contribution in [0.2, 0.25) is 0 Å². The van der Waals surface area contributed by atoms with Crippen LogP contribution in [0.4, 0.5) is 27.6 Å². The molecule has 1 amide bonds. The quantitative estimate of drug-likeness (QED) is 0.829. The van der Waals surface area contributed by atoms with Crippen LogP contribution in [0.5, 0.6) is 0 Å². The third kappa shape index (κ3) is 3.53. The minimum Gasteiger partial charge on any atom is -0.318 e. The number of hydrogen-bond acceptors (Lipinski definition) is 3. The van der Waals surface area contributed by atoms with Gasteiger partial charge in [-0.25, -0.2) is 25.9 Å². The molecular weight excluding hydrogens is 335 g/mol. The number of amides is 1. The zero-order chi connectivity index (χ0) is 17.3. The lowest BCUT2D eigenvalue weighted by atomic mass is 10.2. The van der Waals surface area contributed by atoms with Crippen LogP contribution >= 0.6 is 0 Å². The van der Waals surface area contributed by atoms with Crippen LogP contribution in [0.25, 0.3) is 0 Å². The highest BCUT2D eigenvalue weighted by Gasteiger charge is 2.49. The average Bonchev–Trinajstić information content (AvgIpc) is 2.40. The van der Waals surface area contributed by atoms with Crippen LogP contribution in [0, 0.1) is 5.82 Å². The minimum atomic E-state index is -5.04. The molecule has 0 bridgehead atoms. The van der Waals surface area contributed by atoms with Crippen molar-refractivity contribution in [3.63, 3.8) is 0 Å². The molecule has 0 spiro atoms. The van der Waals surface area contributed by atoms with E-state index in [1.165, 1.54) is 19.4 Å². The fourth-order valence-electron chi connectivity index (χ4n) is 1.28. The smallest absolute Gasteiger partial charge is 0.318 e. The van der Waals surface area contributed by atoms with E-state index in [9.17, 15) is 35.2 Å². The molecule has 0 heterocycles. The van der Waals surface area contributed by atoms with E-state index >= 15 is 0 Å². The summed E-state index contributed by atoms with van der Waals surface area (Å²) >= 11 is 0. The molecular formula is C11H11F5N2O3S. The monoisotopic (exact) mass is 346 g/mol. The highest BCUT2D eigenvalue weighted by Crippen LogP contribution is 2.27. The fraction of sp³-hybridized carbons (Fsp3) is 0.364. The number of alkyl halides is 4. The van der Waals surface area contributed by atoms with Crippen molar-refractivity contribution in [2.45, 2.75) is 17.2 Å². The molecule has 0 saturated carbocycles. The van der Waals surface area contributed by atoms with Crippen LogP contribution in [0.3, 0.4) is 0 Å². The molecule has 0 aromatic heterocycles. The summed E-state index contributed by atoms with van der Waals surface area (Å²) in [5.41, 5.74) is -0.951. The summed E-state index contributed by atoms with van der Waals surface area (Å²) in [6.45, 7) is 0. The van der Waals surface area contributed by atoms with Gasteiger partial charge in [0.1, 0.15) is 5.82 Å². The van der Waals surface area contributed by atoms with Gasteiger partial charge in [0.2, 0.25) is 10.0 Å². The molecule has 0 saturated heterocycles. The lowest BCUT2D eigenvalue weighted by Gasteiger charge is -2.16. The standard InChI is InChI=1S/C11H11F5N2O3S/c1-18(2)22(20,21)6-3-4-7(12)8(5-6)17-10(19)11(15,16)9(13)14/h3-5,9H,1-2H3,(H,17,19). The second-order valence-corrected chi connectivity index (χ2v) is 6.46. The molecule has 1 rings (SSSR count). The Labute approximate surface area is 122 Å². The van der Waals surface area contributed by atoms with Gasteiger partial charge in [0.05, 0.1) is 10.6 Å². The first-order valence-corrected chi connectivity index (χ1v) is 7.04. The molecule has 22 heavy (non-hydrogen) atoms. The third-order valence-corrected chi connectivity index (χ3v) is 4.35. The van der Waals surface area contributed by atoms with Crippen molar-refractivity contribution < 1.29 is 35.2 Å². The van der Waals surface area contributed by atoms with E-state index in [0.717, 1.165) is 10.4 Å². The zero-order valence-electron chi connectivity index (χ0n) is 11.3. The van der Waals surface area contributed by atoms with Crippen molar-refractivity contribution in [2.75, 3.05) is 19.4 Å². The number of benzene rings is 1. The van der Waals surface area contributed by atoms with Gasteiger partial charge in [-0.2, -0.15) is 8.78 Å². The first-order chi connectivity index (χ1) is 9.90. The Balaban J connectivity index is 3.20. The minimum absolute atomic E-state index is 0.505. The molecule has 1 N–H and O–H groups in total. The van der Waals surface area contributed by atoms with Crippen molar-refractivity contribution in [2.24, 2.45) is 0 Å². The predicted octanol–water partition coefficient (Wildman–Crippen LogP) is 1.91. The van der Waals surface area contributed by atoms with Crippen molar-refractivity contribution in [1.82, 2.24) is 4.31 Å². The number of rotatable bonds is 5. The molecule has 0 aliphatic heterocycles. The van der Waals surface area contributed by atoms with Gasteiger partial charge in [-0.15, -0.1) is 0 Å². The third-order valence-electron chi connectivity index (χ3n) is 2.54. The largest absolute Gasteiger partial charge is 0.383 e. The van der Waals surface area contributed by atoms with Crippen molar-refractivity contribution >= 4 is 21.6 Å². The Morgan fingerprint density at radius 3 is 2.27 bits per heavy atom. The molecule has 11 heteroatoms. The van der Waals surface area contributed by atoms with E-state index in [1.54, 1.807) is 0 Å². The number of sulfonamides is 1. The Bertz CT molecular complexity index is 676. The van der Waals surface area contributed by atoms with Crippen molar-refractivity contribution in [3.8, 4) is 0 Å². The Kier molecular flexibility index (Phi) is 5.13. The number of carbonyl (C=O) groups excluding carboxylic acids is 1. The summed E-state index contributed by atoms with van der Waals surface area (Å²) in [6, 6.07) is 2.00. The second kappa shape index (κ2) is 6.16. The average molecular weight is 346 g/mol. The van der Waals surface area contributed by atoms with Gasteiger partial charge < -0.3 is 5.32 Å². The highest BCUT2D eigenvalue weighted by molar-refractivity contribution is 7.89. The maximum Gasteiger partial charge on any atom is 0.383 e. The van der Waals surface area contributed by atoms with Crippen molar-refractivity contribution in [3.05, 3.63) is 24.0 Å². The molecule has 0 aliphatic carbocycles. The molecule has 1 aromatic carbocycles. The number of hydrogen-bond donors (Lipinski definition) is 1. The Morgan fingerprint density at radius 2 is 1.82 bits per heavy atom. The molecule has 0 unspecified atom stereocenters. The van der Waals surface area contributed by atoms with Gasteiger partial charge in [-0.1, -0.05) is 0 Å². The molecule has 0 aliphatic rings. The van der Waals surface area contributed by atoms with Gasteiger partial charge >= 0.3 is 18.3 Å². The summed E-state index contributed by atoms with van der Waals surface area (Å²) in [5.74, 6) is -8.74. The molecule has 0 fully saturated rings. The zero-order valence-corrected chi connectivity index (χ0v) is 12.1. The molecule has 0 radical (unpaired) electrons. The van der Waals surface area contributed by atoms with Crippen LogP contribution in [0.1, 0.15) is 0 Å². The topological polar surface area (TPSA) is 66.5 Å².